The minimum atomic E-state index is -4.44. The first-order chi connectivity index (χ1) is 12.2. The van der Waals surface area contributed by atoms with E-state index in [9.17, 15) is 22.4 Å². The summed E-state index contributed by atoms with van der Waals surface area (Å²) in [6, 6.07) is 7.19. The Bertz CT molecular complexity index is 959. The number of carbonyl (C=O) groups excluding carboxylic acids is 1. The number of imidazole rings is 1. The quantitative estimate of drug-likeness (QED) is 0.663. The summed E-state index contributed by atoms with van der Waals surface area (Å²) in [5.74, 6) is -0.739. The van der Waals surface area contributed by atoms with Gasteiger partial charge in [-0.3, -0.25) is 9.20 Å². The molecule has 0 saturated carbocycles. The zero-order chi connectivity index (χ0) is 19.1. The molecule has 1 aromatic carbocycles. The zero-order valence-corrected chi connectivity index (χ0v) is 14.0. The standard InChI is InChI=1S/C18H15F4N3O/c1-24(2)16(26)9-14-17(23-15-8-7-13(19)10-25(14)15)11-3-5-12(6-4-11)18(20,21)22/h3-8,10H,9H2,1-2H3. The van der Waals surface area contributed by atoms with Gasteiger partial charge in [0.25, 0.3) is 0 Å². The lowest BCUT2D eigenvalue weighted by Crippen LogP contribution is -2.24. The van der Waals surface area contributed by atoms with Gasteiger partial charge in [-0.1, -0.05) is 12.1 Å². The fourth-order valence-electron chi connectivity index (χ4n) is 2.59. The van der Waals surface area contributed by atoms with Crippen LogP contribution < -0.4 is 0 Å². The second-order valence-electron chi connectivity index (χ2n) is 6.02. The summed E-state index contributed by atoms with van der Waals surface area (Å²) in [5.41, 5.74) is 0.811. The van der Waals surface area contributed by atoms with Crippen LogP contribution in [0.3, 0.4) is 0 Å². The number of rotatable bonds is 3. The van der Waals surface area contributed by atoms with E-state index in [1.54, 1.807) is 14.1 Å². The van der Waals surface area contributed by atoms with Crippen molar-refractivity contribution in [2.24, 2.45) is 0 Å². The van der Waals surface area contributed by atoms with Gasteiger partial charge in [0, 0.05) is 25.9 Å². The summed E-state index contributed by atoms with van der Waals surface area (Å²) in [7, 11) is 3.17. The molecule has 1 amide bonds. The molecule has 0 aliphatic carbocycles. The number of hydrogen-bond donors (Lipinski definition) is 0. The van der Waals surface area contributed by atoms with Crippen LogP contribution in [0.1, 0.15) is 11.3 Å². The van der Waals surface area contributed by atoms with Crippen LogP contribution in [0, 0.1) is 5.82 Å². The van der Waals surface area contributed by atoms with Gasteiger partial charge in [-0.2, -0.15) is 13.2 Å². The number of benzene rings is 1. The molecule has 2 aromatic heterocycles. The maximum atomic E-state index is 13.6. The van der Waals surface area contributed by atoms with Gasteiger partial charge in [0.1, 0.15) is 11.5 Å². The Morgan fingerprint density at radius 3 is 2.35 bits per heavy atom. The molecule has 0 aliphatic rings. The highest BCUT2D eigenvalue weighted by Gasteiger charge is 2.30. The molecule has 8 heteroatoms. The van der Waals surface area contributed by atoms with Gasteiger partial charge in [0.2, 0.25) is 5.91 Å². The van der Waals surface area contributed by atoms with E-state index in [1.165, 1.54) is 39.8 Å². The van der Waals surface area contributed by atoms with Gasteiger partial charge in [-0.25, -0.2) is 9.37 Å². The van der Waals surface area contributed by atoms with Crippen molar-refractivity contribution in [1.82, 2.24) is 14.3 Å². The molecular weight excluding hydrogens is 350 g/mol. The highest BCUT2D eigenvalue weighted by molar-refractivity contribution is 5.81. The van der Waals surface area contributed by atoms with E-state index in [1.807, 2.05) is 0 Å². The van der Waals surface area contributed by atoms with Crippen LogP contribution in [0.4, 0.5) is 17.6 Å². The Hall–Kier alpha value is -2.90. The minimum Gasteiger partial charge on any atom is -0.348 e. The van der Waals surface area contributed by atoms with Crippen molar-refractivity contribution in [2.75, 3.05) is 14.1 Å². The van der Waals surface area contributed by atoms with Crippen molar-refractivity contribution in [3.63, 3.8) is 0 Å². The fourth-order valence-corrected chi connectivity index (χ4v) is 2.59. The Morgan fingerprint density at radius 1 is 1.12 bits per heavy atom. The molecule has 4 nitrogen and oxygen atoms in total. The maximum absolute atomic E-state index is 13.6. The van der Waals surface area contributed by atoms with Crippen molar-refractivity contribution in [3.05, 3.63) is 59.7 Å². The van der Waals surface area contributed by atoms with E-state index in [2.05, 4.69) is 4.98 Å². The molecule has 0 bridgehead atoms. The maximum Gasteiger partial charge on any atom is 0.416 e. The van der Waals surface area contributed by atoms with Crippen molar-refractivity contribution < 1.29 is 22.4 Å². The molecule has 26 heavy (non-hydrogen) atoms. The van der Waals surface area contributed by atoms with Gasteiger partial charge in [-0.15, -0.1) is 0 Å². The molecule has 0 spiro atoms. The normalized spacial score (nSPS) is 11.8. The van der Waals surface area contributed by atoms with Crippen molar-refractivity contribution in [2.45, 2.75) is 12.6 Å². The fraction of sp³-hybridized carbons (Fsp3) is 0.222. The summed E-state index contributed by atoms with van der Waals surface area (Å²) in [4.78, 5) is 17.9. The number of fused-ring (bicyclic) bond motifs is 1. The summed E-state index contributed by atoms with van der Waals surface area (Å²) < 4.78 is 53.4. The Morgan fingerprint density at radius 2 is 1.77 bits per heavy atom. The lowest BCUT2D eigenvalue weighted by molar-refractivity contribution is -0.137. The summed E-state index contributed by atoms with van der Waals surface area (Å²) >= 11 is 0. The second kappa shape index (κ2) is 6.44. The number of likely N-dealkylation sites (N-methyl/N-ethyl adjacent to an activating group) is 1. The van der Waals surface area contributed by atoms with Crippen molar-refractivity contribution in [3.8, 4) is 11.3 Å². The number of alkyl halides is 3. The van der Waals surface area contributed by atoms with Crippen molar-refractivity contribution >= 4 is 11.6 Å². The van der Waals surface area contributed by atoms with Crippen LogP contribution in [0.15, 0.2) is 42.6 Å². The van der Waals surface area contributed by atoms with E-state index in [-0.39, 0.29) is 12.3 Å². The Kier molecular flexibility index (Phi) is 4.43. The van der Waals surface area contributed by atoms with Crippen molar-refractivity contribution in [1.29, 1.82) is 0 Å². The first-order valence-corrected chi connectivity index (χ1v) is 7.71. The van der Waals surface area contributed by atoms with E-state index >= 15 is 0 Å². The van der Waals surface area contributed by atoms with Crippen LogP contribution in [-0.2, 0) is 17.4 Å². The number of aromatic nitrogens is 2. The van der Waals surface area contributed by atoms with Gasteiger partial charge < -0.3 is 4.90 Å². The molecule has 0 aliphatic heterocycles. The largest absolute Gasteiger partial charge is 0.416 e. The third kappa shape index (κ3) is 3.40. The highest BCUT2D eigenvalue weighted by Crippen LogP contribution is 2.32. The number of hydrogen-bond acceptors (Lipinski definition) is 2. The van der Waals surface area contributed by atoms with Crippen LogP contribution >= 0.6 is 0 Å². The Balaban J connectivity index is 2.14. The number of nitrogens with zero attached hydrogens (tertiary/aromatic N) is 3. The second-order valence-corrected chi connectivity index (χ2v) is 6.02. The molecule has 2 heterocycles. The van der Waals surface area contributed by atoms with Crippen LogP contribution in [0.5, 0.6) is 0 Å². The Labute approximate surface area is 146 Å². The third-order valence-corrected chi connectivity index (χ3v) is 3.98. The third-order valence-electron chi connectivity index (χ3n) is 3.98. The van der Waals surface area contributed by atoms with Crippen LogP contribution in [-0.4, -0.2) is 34.3 Å². The average Bonchev–Trinajstić information content (AvgIpc) is 2.92. The number of halogens is 4. The molecular formula is C18H15F4N3O. The average molecular weight is 365 g/mol. The summed E-state index contributed by atoms with van der Waals surface area (Å²) in [6.45, 7) is 0. The number of pyridine rings is 1. The minimum absolute atomic E-state index is 0.0615. The predicted octanol–water partition coefficient (Wildman–Crippen LogP) is 3.79. The molecule has 136 valence electrons. The first kappa shape index (κ1) is 17.9. The first-order valence-electron chi connectivity index (χ1n) is 7.71. The number of carbonyl (C=O) groups is 1. The van der Waals surface area contributed by atoms with Gasteiger partial charge in [0.05, 0.1) is 23.4 Å². The smallest absolute Gasteiger partial charge is 0.348 e. The highest BCUT2D eigenvalue weighted by atomic mass is 19.4. The summed E-state index contributed by atoms with van der Waals surface area (Å²) in [6.07, 6.45) is -3.30. The zero-order valence-electron chi connectivity index (χ0n) is 14.0. The van der Waals surface area contributed by atoms with E-state index in [0.717, 1.165) is 12.1 Å². The SMILES string of the molecule is CN(C)C(=O)Cc1c(-c2ccc(C(F)(F)F)cc2)nc2ccc(F)cn12. The molecule has 0 saturated heterocycles. The molecule has 0 N–H and O–H groups in total. The molecule has 0 fully saturated rings. The lowest BCUT2D eigenvalue weighted by atomic mass is 10.1. The van der Waals surface area contributed by atoms with Gasteiger partial charge in [0.15, 0.2) is 0 Å². The predicted molar refractivity (Wildman–Crippen MR) is 88.0 cm³/mol. The summed E-state index contributed by atoms with van der Waals surface area (Å²) in [5, 5.41) is 0. The molecule has 3 rings (SSSR count). The van der Waals surface area contributed by atoms with Crippen LogP contribution in [0.2, 0.25) is 0 Å². The monoisotopic (exact) mass is 365 g/mol. The molecule has 3 aromatic rings. The van der Waals surface area contributed by atoms with E-state index < -0.39 is 17.6 Å². The van der Waals surface area contributed by atoms with Gasteiger partial charge in [-0.05, 0) is 24.3 Å². The topological polar surface area (TPSA) is 37.6 Å². The molecule has 0 radical (unpaired) electrons. The van der Waals surface area contributed by atoms with E-state index in [0.29, 0.717) is 22.6 Å². The van der Waals surface area contributed by atoms with Crippen LogP contribution in [0.25, 0.3) is 16.9 Å². The molecule has 0 atom stereocenters. The van der Waals surface area contributed by atoms with Gasteiger partial charge >= 0.3 is 6.18 Å². The van der Waals surface area contributed by atoms with E-state index in [4.69, 9.17) is 0 Å². The molecule has 0 unspecified atom stereocenters. The number of amides is 1. The lowest BCUT2D eigenvalue weighted by Gasteiger charge is -2.12.